The van der Waals surface area contributed by atoms with Gasteiger partial charge in [-0.05, 0) is 94.3 Å². The molecule has 0 radical (unpaired) electrons. The Hall–Kier alpha value is -1.31. The van der Waals surface area contributed by atoms with Crippen molar-refractivity contribution in [2.24, 2.45) is 17.8 Å². The molecule has 3 aliphatic heterocycles. The van der Waals surface area contributed by atoms with Crippen molar-refractivity contribution >= 4 is 5.97 Å². The maximum Gasteiger partial charge on any atom is 0.311 e. The lowest BCUT2D eigenvalue weighted by Gasteiger charge is -2.53. The van der Waals surface area contributed by atoms with Crippen molar-refractivity contribution in [2.75, 3.05) is 40.8 Å². The summed E-state index contributed by atoms with van der Waals surface area (Å²) >= 11 is 0. The van der Waals surface area contributed by atoms with Crippen molar-refractivity contribution in [1.82, 2.24) is 15.5 Å². The standard InChI is InChI=1S/C41H77N3O12/c1-15-17-42-22-41(50)28(8)53-31(20-39(41,10)51-14)55-33-25(5)35(56-37-32(45)29(44(12)13)18-24(4)52-37)38(9,48)19-23(3)21-43-27(7)34(46)40(11,49)30(16-2)54-36(47)26(33)6/h15,23-35,37,42-43,45-46,48-50H,1,16-22H2,2-14H3/t23-,24-,25+,26-,27+,28+,29+,30+,31+,32-,33+,34-,35-,37+,38+,39-,40-,41-/m1/s1. The third kappa shape index (κ3) is 10.9. The number of esters is 1. The van der Waals surface area contributed by atoms with Gasteiger partial charge in [0.1, 0.15) is 35.1 Å². The van der Waals surface area contributed by atoms with E-state index in [1.807, 2.05) is 39.8 Å². The van der Waals surface area contributed by atoms with Gasteiger partial charge in [-0.25, -0.2) is 0 Å². The zero-order valence-electron chi connectivity index (χ0n) is 36.4. The van der Waals surface area contributed by atoms with Gasteiger partial charge in [0.05, 0.1) is 35.9 Å². The number of nitrogens with one attached hydrogen (secondary N) is 2. The van der Waals surface area contributed by atoms with Crippen molar-refractivity contribution in [3.63, 3.8) is 0 Å². The molecule has 0 bridgehead atoms. The van der Waals surface area contributed by atoms with Crippen LogP contribution in [0.3, 0.4) is 0 Å². The maximum absolute atomic E-state index is 14.3. The lowest BCUT2D eigenvalue weighted by atomic mass is 9.75. The minimum absolute atomic E-state index is 0.0680. The van der Waals surface area contributed by atoms with E-state index in [9.17, 15) is 30.3 Å². The third-order valence-corrected chi connectivity index (χ3v) is 12.9. The first-order valence-corrected chi connectivity index (χ1v) is 20.5. The van der Waals surface area contributed by atoms with Crippen LogP contribution in [0.25, 0.3) is 0 Å². The van der Waals surface area contributed by atoms with Gasteiger partial charge < -0.3 is 69.5 Å². The quantitative estimate of drug-likeness (QED) is 0.0904. The number of carbonyl (C=O) groups excluding carboxylic acids is 1. The Morgan fingerprint density at radius 3 is 2.23 bits per heavy atom. The first-order chi connectivity index (χ1) is 25.9. The molecule has 0 aromatic heterocycles. The van der Waals surface area contributed by atoms with Gasteiger partial charge in [-0.1, -0.05) is 26.8 Å². The molecule has 3 fully saturated rings. The highest BCUT2D eigenvalue weighted by molar-refractivity contribution is 5.73. The van der Waals surface area contributed by atoms with Gasteiger partial charge in [0.25, 0.3) is 0 Å². The summed E-state index contributed by atoms with van der Waals surface area (Å²) in [5.41, 5.74) is -6.05. The molecule has 0 spiro atoms. The molecule has 328 valence electrons. The Bertz CT molecular complexity index is 1260. The largest absolute Gasteiger partial charge is 0.459 e. The monoisotopic (exact) mass is 804 g/mol. The van der Waals surface area contributed by atoms with E-state index in [2.05, 4.69) is 17.2 Å². The minimum atomic E-state index is -1.82. The Morgan fingerprint density at radius 2 is 1.66 bits per heavy atom. The van der Waals surface area contributed by atoms with E-state index in [4.69, 9.17) is 28.4 Å². The number of methoxy groups -OCH3 is 1. The molecule has 15 nitrogen and oxygen atoms in total. The van der Waals surface area contributed by atoms with Gasteiger partial charge in [-0.3, -0.25) is 4.79 Å². The number of hydrogen-bond donors (Lipinski definition) is 7. The second-order valence-electron chi connectivity index (χ2n) is 17.9. The summed E-state index contributed by atoms with van der Waals surface area (Å²) in [4.78, 5) is 16.2. The molecule has 0 aromatic rings. The Morgan fingerprint density at radius 1 is 1.02 bits per heavy atom. The van der Waals surface area contributed by atoms with Crippen LogP contribution in [-0.4, -0.2) is 167 Å². The zero-order valence-corrected chi connectivity index (χ0v) is 36.4. The van der Waals surface area contributed by atoms with Gasteiger partial charge in [0.15, 0.2) is 12.6 Å². The molecule has 3 saturated heterocycles. The Labute approximate surface area is 335 Å². The summed E-state index contributed by atoms with van der Waals surface area (Å²) < 4.78 is 38.2. The summed E-state index contributed by atoms with van der Waals surface area (Å²) in [6, 6.07) is -0.887. The molecule has 15 heteroatoms. The number of hydrogen-bond acceptors (Lipinski definition) is 15. The molecule has 0 amide bonds. The minimum Gasteiger partial charge on any atom is -0.459 e. The summed E-state index contributed by atoms with van der Waals surface area (Å²) in [5, 5.41) is 65.6. The molecule has 0 saturated carbocycles. The highest BCUT2D eigenvalue weighted by Crippen LogP contribution is 2.43. The van der Waals surface area contributed by atoms with Crippen molar-refractivity contribution in [3.05, 3.63) is 12.7 Å². The number of carbonyl (C=O) groups is 1. The zero-order chi connectivity index (χ0) is 42.6. The van der Waals surface area contributed by atoms with E-state index in [1.54, 1.807) is 47.6 Å². The topological polar surface area (TPSA) is 201 Å². The molecule has 0 unspecified atom stereocenters. The second kappa shape index (κ2) is 19.8. The predicted molar refractivity (Wildman–Crippen MR) is 212 cm³/mol. The van der Waals surface area contributed by atoms with Crippen molar-refractivity contribution in [2.45, 2.75) is 185 Å². The van der Waals surface area contributed by atoms with Gasteiger partial charge >= 0.3 is 5.97 Å². The van der Waals surface area contributed by atoms with Gasteiger partial charge in [-0.15, -0.1) is 6.58 Å². The summed E-state index contributed by atoms with van der Waals surface area (Å²) in [5.74, 6) is -2.70. The fourth-order valence-electron chi connectivity index (χ4n) is 9.12. The molecular formula is C41H77N3O12. The maximum atomic E-state index is 14.3. The Balaban J connectivity index is 2.16. The van der Waals surface area contributed by atoms with E-state index in [-0.39, 0.29) is 43.9 Å². The average Bonchev–Trinajstić information content (AvgIpc) is 3.12. The number of aliphatic hydroxyl groups excluding tert-OH is 2. The van der Waals surface area contributed by atoms with Crippen LogP contribution in [0, 0.1) is 17.8 Å². The molecule has 3 heterocycles. The number of nitrogens with zero attached hydrogens (tertiary/aromatic N) is 1. The number of rotatable bonds is 11. The molecule has 0 aliphatic carbocycles. The molecule has 18 atom stereocenters. The van der Waals surface area contributed by atoms with Crippen LogP contribution in [0.15, 0.2) is 12.7 Å². The number of aliphatic hydroxyl groups is 5. The molecular weight excluding hydrogens is 726 g/mol. The molecule has 3 rings (SSSR count). The van der Waals surface area contributed by atoms with E-state index in [0.717, 1.165) is 0 Å². The van der Waals surface area contributed by atoms with Gasteiger partial charge in [0.2, 0.25) is 0 Å². The lowest BCUT2D eigenvalue weighted by molar-refractivity contribution is -0.336. The summed E-state index contributed by atoms with van der Waals surface area (Å²) in [7, 11) is 5.28. The van der Waals surface area contributed by atoms with Gasteiger partial charge in [-0.2, -0.15) is 0 Å². The Kier molecular flexibility index (Phi) is 17.4. The number of ether oxygens (including phenoxy) is 6. The van der Waals surface area contributed by atoms with Crippen molar-refractivity contribution in [3.8, 4) is 0 Å². The number of cyclic esters (lactones) is 1. The van der Waals surface area contributed by atoms with Crippen LogP contribution < -0.4 is 10.6 Å². The first-order valence-electron chi connectivity index (χ1n) is 20.5. The highest BCUT2D eigenvalue weighted by Gasteiger charge is 2.58. The first kappa shape index (κ1) is 49.1. The molecule has 7 N–H and O–H groups in total. The van der Waals surface area contributed by atoms with E-state index in [1.165, 1.54) is 14.0 Å². The van der Waals surface area contributed by atoms with Crippen LogP contribution in [-0.2, 0) is 33.2 Å². The third-order valence-electron chi connectivity index (χ3n) is 12.9. The molecule has 3 aliphatic rings. The molecule has 0 aromatic carbocycles. The summed E-state index contributed by atoms with van der Waals surface area (Å²) in [6.07, 6.45) is -6.04. The highest BCUT2D eigenvalue weighted by atomic mass is 16.7. The van der Waals surface area contributed by atoms with E-state index in [0.29, 0.717) is 19.5 Å². The van der Waals surface area contributed by atoms with E-state index < -0.39 is 95.5 Å². The predicted octanol–water partition coefficient (Wildman–Crippen LogP) is 1.70. The number of likely N-dealkylation sites (N-methyl/N-ethyl adjacent to an activating group) is 1. The second-order valence-corrected chi connectivity index (χ2v) is 17.9. The van der Waals surface area contributed by atoms with Crippen LogP contribution >= 0.6 is 0 Å². The van der Waals surface area contributed by atoms with Crippen LogP contribution in [0.1, 0.15) is 94.9 Å². The fraction of sp³-hybridized carbons (Fsp3) is 0.927. The van der Waals surface area contributed by atoms with Crippen LogP contribution in [0.2, 0.25) is 0 Å². The lowest BCUT2D eigenvalue weighted by Crippen LogP contribution is -2.70. The van der Waals surface area contributed by atoms with Crippen LogP contribution in [0.5, 0.6) is 0 Å². The average molecular weight is 804 g/mol. The fourth-order valence-corrected chi connectivity index (χ4v) is 9.12. The SMILES string of the molecule is C=CCNC[C@@]1(O)[C@H](C)O[C@@H](O[C@H]2[C@H](C)[C@@H](O[C@@H]3O[C@H](C)C[C@H](N(C)C)[C@H]3O)[C@@](C)(O)C[C@@H](C)CN[C@@H](C)[C@@H](O)[C@](C)(O)[C@H](CC)OC(=O)[C@@H]2C)C[C@@]1(C)OC. The molecule has 56 heavy (non-hydrogen) atoms. The van der Waals surface area contributed by atoms with Crippen LogP contribution in [0.4, 0.5) is 0 Å². The van der Waals surface area contributed by atoms with Crippen molar-refractivity contribution < 1.29 is 58.7 Å². The van der Waals surface area contributed by atoms with Crippen molar-refractivity contribution in [1.29, 1.82) is 0 Å². The van der Waals surface area contributed by atoms with Gasteiger partial charge in [0, 0.05) is 44.6 Å². The van der Waals surface area contributed by atoms with E-state index >= 15 is 0 Å². The normalized spacial score (nSPS) is 47.8. The smallest absolute Gasteiger partial charge is 0.311 e. The summed E-state index contributed by atoms with van der Waals surface area (Å²) in [6.45, 7) is 22.2.